The number of hydrogen-bond acceptors (Lipinski definition) is 0. The van der Waals surface area contributed by atoms with Crippen molar-refractivity contribution >= 4 is 0 Å². The third-order valence-electron chi connectivity index (χ3n) is 3.56. The van der Waals surface area contributed by atoms with Gasteiger partial charge in [0, 0.05) is 11.0 Å². The molecule has 0 N–H and O–H groups in total. The molecule has 0 radical (unpaired) electrons. The summed E-state index contributed by atoms with van der Waals surface area (Å²) in [6.45, 7) is 6.69. The highest BCUT2D eigenvalue weighted by Gasteiger charge is 2.38. The minimum Gasteiger partial charge on any atom is -0.0911 e. The van der Waals surface area contributed by atoms with E-state index in [0.717, 1.165) is 0 Å². The Bertz CT molecular complexity index is 425. The predicted octanol–water partition coefficient (Wildman–Crippen LogP) is 4.35. The molecule has 0 heterocycles. The van der Waals surface area contributed by atoms with Crippen molar-refractivity contribution in [1.29, 1.82) is 0 Å². The van der Waals surface area contributed by atoms with Crippen molar-refractivity contribution in [2.24, 2.45) is 5.41 Å². The molecule has 0 unspecified atom stereocenters. The quantitative estimate of drug-likeness (QED) is 0.639. The maximum atomic E-state index is 3.45. The molecule has 0 heteroatoms. The van der Waals surface area contributed by atoms with Crippen LogP contribution in [0.3, 0.4) is 0 Å². The summed E-state index contributed by atoms with van der Waals surface area (Å²) in [5.74, 6) is 7.38. The van der Waals surface area contributed by atoms with Gasteiger partial charge < -0.3 is 0 Å². The maximum absolute atomic E-state index is 3.45. The van der Waals surface area contributed by atoms with Crippen LogP contribution in [-0.4, -0.2) is 0 Å². The SMILES string of the molecule is CCC1(C#Cc2cccc(C(C)C)c2)CC1. The lowest BCUT2D eigenvalue weighted by atomic mass is 10.00. The minimum atomic E-state index is 0.369. The molecule has 0 saturated heterocycles. The van der Waals surface area contributed by atoms with Crippen molar-refractivity contribution in [2.45, 2.75) is 46.0 Å². The van der Waals surface area contributed by atoms with Crippen molar-refractivity contribution in [2.75, 3.05) is 0 Å². The molecule has 0 bridgehead atoms. The average Bonchev–Trinajstić information content (AvgIpc) is 3.07. The fourth-order valence-electron chi connectivity index (χ4n) is 1.90. The summed E-state index contributed by atoms with van der Waals surface area (Å²) < 4.78 is 0. The molecule has 0 amide bonds. The molecule has 1 saturated carbocycles. The Hall–Kier alpha value is -1.22. The summed E-state index contributed by atoms with van der Waals surface area (Å²) in [4.78, 5) is 0. The molecule has 84 valence electrons. The van der Waals surface area contributed by atoms with Gasteiger partial charge in [-0.2, -0.15) is 0 Å². The van der Waals surface area contributed by atoms with Gasteiger partial charge in [-0.3, -0.25) is 0 Å². The van der Waals surface area contributed by atoms with E-state index in [1.165, 1.54) is 30.4 Å². The molecule has 0 aliphatic heterocycles. The summed E-state index contributed by atoms with van der Waals surface area (Å²) in [6.07, 6.45) is 3.78. The van der Waals surface area contributed by atoms with Crippen molar-refractivity contribution in [3.05, 3.63) is 35.4 Å². The van der Waals surface area contributed by atoms with Crippen LogP contribution in [0.25, 0.3) is 0 Å². The molecule has 1 aliphatic carbocycles. The number of benzene rings is 1. The standard InChI is InChI=1S/C16H20/c1-4-16(10-11-16)9-8-14-6-5-7-15(12-14)13(2)3/h5-7,12-13H,4,10-11H2,1-3H3. The van der Waals surface area contributed by atoms with Gasteiger partial charge in [0.25, 0.3) is 0 Å². The van der Waals surface area contributed by atoms with E-state index in [4.69, 9.17) is 0 Å². The van der Waals surface area contributed by atoms with Gasteiger partial charge in [-0.25, -0.2) is 0 Å². The second-order valence-electron chi connectivity index (χ2n) is 5.16. The topological polar surface area (TPSA) is 0 Å². The van der Waals surface area contributed by atoms with E-state index in [1.807, 2.05) is 0 Å². The first-order valence-electron chi connectivity index (χ1n) is 6.28. The van der Waals surface area contributed by atoms with Gasteiger partial charge in [0.2, 0.25) is 0 Å². The molecule has 0 nitrogen and oxygen atoms in total. The lowest BCUT2D eigenvalue weighted by Gasteiger charge is -2.05. The Labute approximate surface area is 99.1 Å². The first kappa shape index (κ1) is 11.3. The Morgan fingerprint density at radius 1 is 1.31 bits per heavy atom. The zero-order chi connectivity index (χ0) is 11.6. The van der Waals surface area contributed by atoms with Crippen molar-refractivity contribution in [3.8, 4) is 11.8 Å². The third-order valence-corrected chi connectivity index (χ3v) is 3.56. The van der Waals surface area contributed by atoms with Gasteiger partial charge in [0.05, 0.1) is 0 Å². The molecule has 1 fully saturated rings. The largest absolute Gasteiger partial charge is 0.0911 e. The molecule has 1 aromatic carbocycles. The van der Waals surface area contributed by atoms with Crippen molar-refractivity contribution in [1.82, 2.24) is 0 Å². The van der Waals surface area contributed by atoms with E-state index in [1.54, 1.807) is 0 Å². The van der Waals surface area contributed by atoms with Gasteiger partial charge in [-0.05, 0) is 42.9 Å². The van der Waals surface area contributed by atoms with E-state index in [9.17, 15) is 0 Å². The van der Waals surface area contributed by atoms with Gasteiger partial charge in [0.15, 0.2) is 0 Å². The Morgan fingerprint density at radius 3 is 2.62 bits per heavy atom. The normalized spacial score (nSPS) is 16.8. The van der Waals surface area contributed by atoms with Crippen LogP contribution < -0.4 is 0 Å². The van der Waals surface area contributed by atoms with Crippen LogP contribution in [0.5, 0.6) is 0 Å². The second-order valence-corrected chi connectivity index (χ2v) is 5.16. The average molecular weight is 212 g/mol. The van der Waals surface area contributed by atoms with Gasteiger partial charge >= 0.3 is 0 Å². The summed E-state index contributed by atoms with van der Waals surface area (Å²) in [7, 11) is 0. The smallest absolute Gasteiger partial charge is 0.0317 e. The summed E-state index contributed by atoms with van der Waals surface area (Å²) in [5, 5.41) is 0. The number of hydrogen-bond donors (Lipinski definition) is 0. The van der Waals surface area contributed by atoms with Gasteiger partial charge in [-0.15, -0.1) is 0 Å². The maximum Gasteiger partial charge on any atom is 0.0317 e. The molecule has 0 aromatic heterocycles. The summed E-state index contributed by atoms with van der Waals surface area (Å²) >= 11 is 0. The molecule has 0 spiro atoms. The summed E-state index contributed by atoms with van der Waals surface area (Å²) in [6, 6.07) is 8.64. The zero-order valence-corrected chi connectivity index (χ0v) is 10.5. The molecular formula is C16H20. The van der Waals surface area contributed by atoms with E-state index >= 15 is 0 Å². The van der Waals surface area contributed by atoms with Crippen molar-refractivity contribution < 1.29 is 0 Å². The highest BCUT2D eigenvalue weighted by molar-refractivity contribution is 5.40. The molecule has 2 rings (SSSR count). The fourth-order valence-corrected chi connectivity index (χ4v) is 1.90. The van der Waals surface area contributed by atoms with E-state index in [0.29, 0.717) is 11.3 Å². The lowest BCUT2D eigenvalue weighted by Crippen LogP contribution is -1.92. The van der Waals surface area contributed by atoms with E-state index in [-0.39, 0.29) is 0 Å². The zero-order valence-electron chi connectivity index (χ0n) is 10.5. The van der Waals surface area contributed by atoms with Crippen LogP contribution >= 0.6 is 0 Å². The molecule has 1 aromatic rings. The van der Waals surface area contributed by atoms with Crippen LogP contribution in [0.15, 0.2) is 24.3 Å². The van der Waals surface area contributed by atoms with Crippen LogP contribution in [0, 0.1) is 17.3 Å². The lowest BCUT2D eigenvalue weighted by molar-refractivity contribution is 0.651. The Kier molecular flexibility index (Phi) is 3.06. The van der Waals surface area contributed by atoms with Gasteiger partial charge in [-0.1, -0.05) is 44.7 Å². The minimum absolute atomic E-state index is 0.369. The first-order chi connectivity index (χ1) is 7.65. The third kappa shape index (κ3) is 2.47. The van der Waals surface area contributed by atoms with Gasteiger partial charge in [0.1, 0.15) is 0 Å². The Morgan fingerprint density at radius 2 is 2.06 bits per heavy atom. The predicted molar refractivity (Wildman–Crippen MR) is 69.4 cm³/mol. The van der Waals surface area contributed by atoms with Crippen LogP contribution in [0.4, 0.5) is 0 Å². The fraction of sp³-hybridized carbons (Fsp3) is 0.500. The van der Waals surface area contributed by atoms with E-state index in [2.05, 4.69) is 56.9 Å². The highest BCUT2D eigenvalue weighted by atomic mass is 14.4. The van der Waals surface area contributed by atoms with Crippen LogP contribution in [-0.2, 0) is 0 Å². The van der Waals surface area contributed by atoms with Crippen LogP contribution in [0.2, 0.25) is 0 Å². The molecular weight excluding hydrogens is 192 g/mol. The molecule has 0 atom stereocenters. The number of rotatable bonds is 2. The first-order valence-corrected chi connectivity index (χ1v) is 6.28. The summed E-state index contributed by atoms with van der Waals surface area (Å²) in [5.41, 5.74) is 2.92. The molecule has 16 heavy (non-hydrogen) atoms. The van der Waals surface area contributed by atoms with Crippen molar-refractivity contribution in [3.63, 3.8) is 0 Å². The van der Waals surface area contributed by atoms with Crippen LogP contribution in [0.1, 0.15) is 57.1 Å². The highest BCUT2D eigenvalue weighted by Crippen LogP contribution is 2.47. The molecule has 1 aliphatic rings. The monoisotopic (exact) mass is 212 g/mol. The Balaban J connectivity index is 2.18. The second kappa shape index (κ2) is 4.34. The van der Waals surface area contributed by atoms with E-state index < -0.39 is 0 Å².